The zero-order valence-electron chi connectivity index (χ0n) is 12.2. The second-order valence-electron chi connectivity index (χ2n) is 4.79. The quantitative estimate of drug-likeness (QED) is 0.758. The molecule has 0 radical (unpaired) electrons. The molecule has 0 saturated carbocycles. The molecule has 0 saturated heterocycles. The molecule has 0 spiro atoms. The molecule has 1 aromatic carbocycles. The molecule has 5 heteroatoms. The molecule has 0 N–H and O–H groups in total. The zero-order valence-corrected chi connectivity index (χ0v) is 12.2. The highest BCUT2D eigenvalue weighted by molar-refractivity contribution is 5.53. The fourth-order valence-corrected chi connectivity index (χ4v) is 1.99. The van der Waals surface area contributed by atoms with Crippen molar-refractivity contribution in [2.45, 2.75) is 33.6 Å². The molecule has 20 heavy (non-hydrogen) atoms. The molecule has 0 aromatic heterocycles. The minimum absolute atomic E-state index is 0.208. The molecule has 0 aliphatic rings. The average Bonchev–Trinajstić information content (AvgIpc) is 2.33. The van der Waals surface area contributed by atoms with E-state index in [1.807, 2.05) is 11.9 Å². The summed E-state index contributed by atoms with van der Waals surface area (Å²) in [5, 5.41) is 0. The van der Waals surface area contributed by atoms with Gasteiger partial charge in [0, 0.05) is 18.4 Å². The van der Waals surface area contributed by atoms with E-state index in [2.05, 4.69) is 31.6 Å². The fraction of sp³-hybridized carbons (Fsp3) is 0.467. The summed E-state index contributed by atoms with van der Waals surface area (Å²) in [6.07, 6.45) is -1.63. The van der Waals surface area contributed by atoms with Crippen molar-refractivity contribution in [1.29, 1.82) is 0 Å². The lowest BCUT2D eigenvalue weighted by Gasteiger charge is -2.26. The first kappa shape index (κ1) is 16.4. The third kappa shape index (κ3) is 4.79. The molecule has 1 rings (SSSR count). The highest BCUT2D eigenvalue weighted by Gasteiger charge is 2.31. The van der Waals surface area contributed by atoms with Gasteiger partial charge in [-0.2, -0.15) is 0 Å². The lowest BCUT2D eigenvalue weighted by molar-refractivity contribution is -0.274. The monoisotopic (exact) mass is 287 g/mol. The SMILES string of the molecule is CC/C=C(/C(C)C)N(C)c1ccc(OC(F)(F)F)cc1. The normalized spacial score (nSPS) is 12.7. The molecule has 0 atom stereocenters. The summed E-state index contributed by atoms with van der Waals surface area (Å²) in [6, 6.07) is 5.88. The van der Waals surface area contributed by atoms with Gasteiger partial charge in [-0.3, -0.25) is 0 Å². The number of rotatable bonds is 5. The minimum Gasteiger partial charge on any atom is -0.406 e. The van der Waals surface area contributed by atoms with E-state index < -0.39 is 6.36 Å². The summed E-state index contributed by atoms with van der Waals surface area (Å²) in [6.45, 7) is 6.22. The van der Waals surface area contributed by atoms with E-state index in [4.69, 9.17) is 0 Å². The summed E-state index contributed by atoms with van der Waals surface area (Å²) in [5.74, 6) is 0.131. The van der Waals surface area contributed by atoms with E-state index in [-0.39, 0.29) is 5.75 Å². The van der Waals surface area contributed by atoms with Crippen molar-refractivity contribution in [3.05, 3.63) is 36.0 Å². The number of hydrogen-bond donors (Lipinski definition) is 0. The van der Waals surface area contributed by atoms with Gasteiger partial charge in [0.15, 0.2) is 0 Å². The number of alkyl halides is 3. The van der Waals surface area contributed by atoms with E-state index in [1.165, 1.54) is 12.1 Å². The first-order valence-corrected chi connectivity index (χ1v) is 6.54. The number of halogens is 3. The Kier molecular flexibility index (Phi) is 5.48. The highest BCUT2D eigenvalue weighted by atomic mass is 19.4. The Bertz CT molecular complexity index is 449. The molecular formula is C15H20F3NO. The highest BCUT2D eigenvalue weighted by Crippen LogP contribution is 2.27. The summed E-state index contributed by atoms with van der Waals surface area (Å²) < 4.78 is 40.1. The standard InChI is InChI=1S/C15H20F3NO/c1-5-6-14(11(2)3)19(4)12-7-9-13(10-8-12)20-15(16,17)18/h6-11H,5H2,1-4H3/b14-6-. The van der Waals surface area contributed by atoms with Crippen molar-refractivity contribution in [1.82, 2.24) is 0 Å². The Balaban J connectivity index is 2.90. The lowest BCUT2D eigenvalue weighted by Crippen LogP contribution is -2.20. The second-order valence-corrected chi connectivity index (χ2v) is 4.79. The van der Waals surface area contributed by atoms with Crippen molar-refractivity contribution in [2.75, 3.05) is 11.9 Å². The van der Waals surface area contributed by atoms with Gasteiger partial charge < -0.3 is 9.64 Å². The Morgan fingerprint density at radius 3 is 2.20 bits per heavy atom. The van der Waals surface area contributed by atoms with Crippen LogP contribution in [0.3, 0.4) is 0 Å². The van der Waals surface area contributed by atoms with Crippen LogP contribution >= 0.6 is 0 Å². The maximum atomic E-state index is 12.1. The molecule has 0 heterocycles. The van der Waals surface area contributed by atoms with Crippen molar-refractivity contribution in [3.8, 4) is 5.75 Å². The van der Waals surface area contributed by atoms with Crippen LogP contribution in [-0.4, -0.2) is 13.4 Å². The molecular weight excluding hydrogens is 267 g/mol. The van der Waals surface area contributed by atoms with Gasteiger partial charge in [0.25, 0.3) is 0 Å². The van der Waals surface area contributed by atoms with Crippen LogP contribution in [0.1, 0.15) is 27.2 Å². The third-order valence-electron chi connectivity index (χ3n) is 2.85. The number of hydrogen-bond acceptors (Lipinski definition) is 2. The summed E-state index contributed by atoms with van der Waals surface area (Å²) in [7, 11) is 1.90. The third-order valence-corrected chi connectivity index (χ3v) is 2.85. The van der Waals surface area contributed by atoms with Crippen LogP contribution in [0.25, 0.3) is 0 Å². The maximum absolute atomic E-state index is 12.1. The van der Waals surface area contributed by atoms with Crippen LogP contribution in [0.2, 0.25) is 0 Å². The maximum Gasteiger partial charge on any atom is 0.573 e. The summed E-state index contributed by atoms with van der Waals surface area (Å²) >= 11 is 0. The van der Waals surface area contributed by atoms with Gasteiger partial charge in [-0.25, -0.2) is 0 Å². The van der Waals surface area contributed by atoms with Gasteiger partial charge in [0.05, 0.1) is 0 Å². The van der Waals surface area contributed by atoms with Crippen molar-refractivity contribution < 1.29 is 17.9 Å². The first-order chi connectivity index (χ1) is 9.24. The van der Waals surface area contributed by atoms with E-state index in [9.17, 15) is 13.2 Å². The fourth-order valence-electron chi connectivity index (χ4n) is 1.99. The first-order valence-electron chi connectivity index (χ1n) is 6.54. The van der Waals surface area contributed by atoms with Crippen LogP contribution < -0.4 is 9.64 Å². The van der Waals surface area contributed by atoms with Gasteiger partial charge in [0.1, 0.15) is 5.75 Å². The minimum atomic E-state index is -4.65. The Morgan fingerprint density at radius 2 is 1.80 bits per heavy atom. The molecule has 0 unspecified atom stereocenters. The van der Waals surface area contributed by atoms with Crippen LogP contribution in [0, 0.1) is 5.92 Å². The van der Waals surface area contributed by atoms with Crippen LogP contribution in [-0.2, 0) is 0 Å². The molecule has 1 aromatic rings. The number of ether oxygens (including phenoxy) is 1. The molecule has 112 valence electrons. The smallest absolute Gasteiger partial charge is 0.406 e. The van der Waals surface area contributed by atoms with Gasteiger partial charge in [-0.15, -0.1) is 13.2 Å². The predicted molar refractivity (Wildman–Crippen MR) is 74.7 cm³/mol. The van der Waals surface area contributed by atoms with Gasteiger partial charge >= 0.3 is 6.36 Å². The summed E-state index contributed by atoms with van der Waals surface area (Å²) in [4.78, 5) is 1.98. The summed E-state index contributed by atoms with van der Waals surface area (Å²) in [5.41, 5.74) is 1.96. The Hall–Kier alpha value is -1.65. The van der Waals surface area contributed by atoms with Gasteiger partial charge in [0.2, 0.25) is 0 Å². The average molecular weight is 287 g/mol. The van der Waals surface area contributed by atoms with Gasteiger partial charge in [-0.05, 0) is 36.6 Å². The number of nitrogens with zero attached hydrogens (tertiary/aromatic N) is 1. The molecule has 0 bridgehead atoms. The van der Waals surface area contributed by atoms with Crippen LogP contribution in [0.15, 0.2) is 36.0 Å². The molecule has 0 aliphatic carbocycles. The number of anilines is 1. The zero-order chi connectivity index (χ0) is 15.3. The van der Waals surface area contributed by atoms with Crippen molar-refractivity contribution in [3.63, 3.8) is 0 Å². The Labute approximate surface area is 117 Å². The number of allylic oxidation sites excluding steroid dienone is 2. The Morgan fingerprint density at radius 1 is 1.25 bits per heavy atom. The number of benzene rings is 1. The molecule has 0 aliphatic heterocycles. The molecule has 0 amide bonds. The van der Waals surface area contributed by atoms with Crippen molar-refractivity contribution >= 4 is 5.69 Å². The second kappa shape index (κ2) is 6.68. The van der Waals surface area contributed by atoms with E-state index >= 15 is 0 Å². The van der Waals surface area contributed by atoms with Crippen molar-refractivity contribution in [2.24, 2.45) is 5.92 Å². The lowest BCUT2D eigenvalue weighted by atomic mass is 10.1. The molecule has 2 nitrogen and oxygen atoms in total. The van der Waals surface area contributed by atoms with E-state index in [1.54, 1.807) is 12.1 Å². The van der Waals surface area contributed by atoms with Crippen LogP contribution in [0.5, 0.6) is 5.75 Å². The largest absolute Gasteiger partial charge is 0.573 e. The predicted octanol–water partition coefficient (Wildman–Crippen LogP) is 4.97. The molecule has 0 fully saturated rings. The van der Waals surface area contributed by atoms with Crippen LogP contribution in [0.4, 0.5) is 18.9 Å². The van der Waals surface area contributed by atoms with Gasteiger partial charge in [-0.1, -0.05) is 26.8 Å². The van der Waals surface area contributed by atoms with E-state index in [0.29, 0.717) is 5.92 Å². The van der Waals surface area contributed by atoms with E-state index in [0.717, 1.165) is 17.8 Å². The topological polar surface area (TPSA) is 12.5 Å².